The van der Waals surface area contributed by atoms with Crippen LogP contribution in [0.3, 0.4) is 0 Å². The highest BCUT2D eigenvalue weighted by molar-refractivity contribution is 4.97. The predicted octanol–water partition coefficient (Wildman–Crippen LogP) is 2.59. The van der Waals surface area contributed by atoms with Gasteiger partial charge in [-0.25, -0.2) is 4.98 Å². The first-order valence-electron chi connectivity index (χ1n) is 5.41. The number of hydrogen-bond donors (Lipinski definition) is 1. The second kappa shape index (κ2) is 7.56. The van der Waals surface area contributed by atoms with E-state index in [1.54, 1.807) is 0 Å². The number of nitrogens with zero attached hydrogens (tertiary/aromatic N) is 2. The smallest absolute Gasteiger partial charge is 0.120 e. The Morgan fingerprint density at radius 1 is 1.43 bits per heavy atom. The largest absolute Gasteiger partial charge is 0.345 e. The molecule has 0 radical (unpaired) electrons. The molecule has 1 heterocycles. The molecule has 3 heteroatoms. The zero-order valence-corrected chi connectivity index (χ0v) is 10.1. The standard InChI is InChI=1S/C9H17N3.C2H6/c1-4-5-12(3)7-9-10-6-8(2)11-9;1-2/h6H,4-5,7H2,1-3H3,(H,10,11);1-2H3. The molecule has 0 aromatic carbocycles. The van der Waals surface area contributed by atoms with Gasteiger partial charge in [-0.1, -0.05) is 20.8 Å². The van der Waals surface area contributed by atoms with Crippen molar-refractivity contribution in [3.8, 4) is 0 Å². The summed E-state index contributed by atoms with van der Waals surface area (Å²) in [5.41, 5.74) is 1.13. The monoisotopic (exact) mass is 197 g/mol. The number of rotatable bonds is 4. The van der Waals surface area contributed by atoms with Gasteiger partial charge in [-0.3, -0.25) is 4.90 Å². The van der Waals surface area contributed by atoms with Gasteiger partial charge in [-0.2, -0.15) is 0 Å². The molecule has 0 atom stereocenters. The minimum absolute atomic E-state index is 0.918. The number of aryl methyl sites for hydroxylation is 1. The van der Waals surface area contributed by atoms with Crippen LogP contribution in [0.25, 0.3) is 0 Å². The fraction of sp³-hybridized carbons (Fsp3) is 0.727. The quantitative estimate of drug-likeness (QED) is 0.804. The Balaban J connectivity index is 0.000000791. The lowest BCUT2D eigenvalue weighted by atomic mass is 10.4. The van der Waals surface area contributed by atoms with Gasteiger partial charge in [0, 0.05) is 11.9 Å². The van der Waals surface area contributed by atoms with Crippen LogP contribution in [0, 0.1) is 6.92 Å². The SMILES string of the molecule is CC.CCCN(C)Cc1ncc(C)[nH]1. The summed E-state index contributed by atoms with van der Waals surface area (Å²) in [4.78, 5) is 9.72. The van der Waals surface area contributed by atoms with Crippen LogP contribution in [-0.4, -0.2) is 28.5 Å². The molecule has 0 aliphatic heterocycles. The number of H-pyrrole nitrogens is 1. The zero-order chi connectivity index (χ0) is 11.0. The van der Waals surface area contributed by atoms with Crippen LogP contribution in [0.2, 0.25) is 0 Å². The average Bonchev–Trinajstić information content (AvgIpc) is 2.55. The second-order valence-corrected chi connectivity index (χ2v) is 3.25. The summed E-state index contributed by atoms with van der Waals surface area (Å²) in [7, 11) is 2.11. The maximum Gasteiger partial charge on any atom is 0.120 e. The molecule has 14 heavy (non-hydrogen) atoms. The summed E-state index contributed by atoms with van der Waals surface area (Å²) in [6.07, 6.45) is 3.06. The van der Waals surface area contributed by atoms with E-state index in [2.05, 4.69) is 28.8 Å². The third-order valence-corrected chi connectivity index (χ3v) is 1.78. The maximum absolute atomic E-state index is 4.24. The third kappa shape index (κ3) is 5.02. The van der Waals surface area contributed by atoms with E-state index in [4.69, 9.17) is 0 Å². The lowest BCUT2D eigenvalue weighted by Gasteiger charge is -2.12. The molecule has 0 unspecified atom stereocenters. The van der Waals surface area contributed by atoms with E-state index >= 15 is 0 Å². The molecule has 0 bridgehead atoms. The van der Waals surface area contributed by atoms with Crippen LogP contribution in [0.1, 0.15) is 38.7 Å². The van der Waals surface area contributed by atoms with Crippen molar-refractivity contribution >= 4 is 0 Å². The molecule has 82 valence electrons. The van der Waals surface area contributed by atoms with Gasteiger partial charge in [-0.15, -0.1) is 0 Å². The number of aromatic amines is 1. The summed E-state index contributed by atoms with van der Waals surface area (Å²) >= 11 is 0. The Morgan fingerprint density at radius 2 is 2.07 bits per heavy atom. The highest BCUT2D eigenvalue weighted by Gasteiger charge is 2.00. The van der Waals surface area contributed by atoms with Gasteiger partial charge >= 0.3 is 0 Å². The van der Waals surface area contributed by atoms with Gasteiger partial charge < -0.3 is 4.98 Å². The molecule has 0 amide bonds. The Kier molecular flexibility index (Phi) is 7.11. The molecule has 0 spiro atoms. The molecule has 0 aliphatic carbocycles. The van der Waals surface area contributed by atoms with E-state index in [0.717, 1.165) is 24.6 Å². The normalized spacial score (nSPS) is 9.86. The summed E-state index contributed by atoms with van der Waals surface area (Å²) < 4.78 is 0. The maximum atomic E-state index is 4.24. The van der Waals surface area contributed by atoms with Crippen molar-refractivity contribution in [2.45, 2.75) is 40.7 Å². The average molecular weight is 197 g/mol. The second-order valence-electron chi connectivity index (χ2n) is 3.25. The molecule has 0 saturated heterocycles. The number of aromatic nitrogens is 2. The topological polar surface area (TPSA) is 31.9 Å². The predicted molar refractivity (Wildman–Crippen MR) is 61.3 cm³/mol. The molecule has 1 N–H and O–H groups in total. The van der Waals surface area contributed by atoms with Crippen LogP contribution in [0.5, 0.6) is 0 Å². The molecule has 3 nitrogen and oxygen atoms in total. The molecule has 1 aromatic heterocycles. The van der Waals surface area contributed by atoms with Crippen molar-refractivity contribution in [1.29, 1.82) is 0 Å². The lowest BCUT2D eigenvalue weighted by molar-refractivity contribution is 0.320. The van der Waals surface area contributed by atoms with E-state index in [1.165, 1.54) is 6.42 Å². The van der Waals surface area contributed by atoms with Crippen molar-refractivity contribution in [2.24, 2.45) is 0 Å². The first kappa shape index (κ1) is 13.2. The molecular weight excluding hydrogens is 174 g/mol. The number of imidazole rings is 1. The van der Waals surface area contributed by atoms with Gasteiger partial charge in [0.1, 0.15) is 5.82 Å². The summed E-state index contributed by atoms with van der Waals surface area (Å²) in [5, 5.41) is 0. The minimum atomic E-state index is 0.918. The highest BCUT2D eigenvalue weighted by Crippen LogP contribution is 1.99. The molecule has 0 fully saturated rings. The molecule has 1 rings (SSSR count). The van der Waals surface area contributed by atoms with Gasteiger partial charge in [0.25, 0.3) is 0 Å². The number of nitrogens with one attached hydrogen (secondary N) is 1. The Hall–Kier alpha value is -0.830. The van der Waals surface area contributed by atoms with Gasteiger partial charge in [-0.05, 0) is 26.9 Å². The minimum Gasteiger partial charge on any atom is -0.345 e. The summed E-state index contributed by atoms with van der Waals surface area (Å²) in [6.45, 7) is 10.3. The van der Waals surface area contributed by atoms with Crippen molar-refractivity contribution in [3.63, 3.8) is 0 Å². The molecule has 1 aromatic rings. The van der Waals surface area contributed by atoms with Crippen molar-refractivity contribution in [3.05, 3.63) is 17.7 Å². The van der Waals surface area contributed by atoms with E-state index in [0.29, 0.717) is 0 Å². The fourth-order valence-corrected chi connectivity index (χ4v) is 1.26. The first-order chi connectivity index (χ1) is 6.72. The summed E-state index contributed by atoms with van der Waals surface area (Å²) in [6, 6.07) is 0. The van der Waals surface area contributed by atoms with Crippen molar-refractivity contribution in [2.75, 3.05) is 13.6 Å². The first-order valence-corrected chi connectivity index (χ1v) is 5.41. The third-order valence-electron chi connectivity index (χ3n) is 1.78. The zero-order valence-electron chi connectivity index (χ0n) is 10.1. The molecule has 0 saturated carbocycles. The Bertz CT molecular complexity index is 230. The lowest BCUT2D eigenvalue weighted by Crippen LogP contribution is -2.19. The molecule has 0 aliphatic rings. The molecular formula is C11H23N3. The van der Waals surface area contributed by atoms with E-state index in [9.17, 15) is 0 Å². The van der Waals surface area contributed by atoms with E-state index in [1.807, 2.05) is 27.0 Å². The Morgan fingerprint density at radius 3 is 2.50 bits per heavy atom. The van der Waals surface area contributed by atoms with Crippen molar-refractivity contribution in [1.82, 2.24) is 14.9 Å². The van der Waals surface area contributed by atoms with Crippen molar-refractivity contribution < 1.29 is 0 Å². The Labute approximate surface area is 87.5 Å². The highest BCUT2D eigenvalue weighted by atomic mass is 15.1. The van der Waals surface area contributed by atoms with E-state index < -0.39 is 0 Å². The van der Waals surface area contributed by atoms with Gasteiger partial charge in [0.15, 0.2) is 0 Å². The van der Waals surface area contributed by atoms with Gasteiger partial charge in [0.2, 0.25) is 0 Å². The summed E-state index contributed by atoms with van der Waals surface area (Å²) in [5.74, 6) is 1.06. The van der Waals surface area contributed by atoms with Gasteiger partial charge in [0.05, 0.1) is 6.54 Å². The van der Waals surface area contributed by atoms with Crippen LogP contribution in [0.15, 0.2) is 6.20 Å². The fourth-order valence-electron chi connectivity index (χ4n) is 1.26. The van der Waals surface area contributed by atoms with Crippen LogP contribution >= 0.6 is 0 Å². The van der Waals surface area contributed by atoms with E-state index in [-0.39, 0.29) is 0 Å². The number of hydrogen-bond acceptors (Lipinski definition) is 2. The van der Waals surface area contributed by atoms with Crippen LogP contribution < -0.4 is 0 Å². The van der Waals surface area contributed by atoms with Crippen LogP contribution in [0.4, 0.5) is 0 Å². The van der Waals surface area contributed by atoms with Crippen LogP contribution in [-0.2, 0) is 6.54 Å².